The molecule has 0 saturated heterocycles. The molecule has 1 aromatic carbocycles. The van der Waals surface area contributed by atoms with Crippen molar-refractivity contribution in [3.8, 4) is 5.69 Å². The smallest absolute Gasteiger partial charge is 0.191 e. The minimum atomic E-state index is 0. The lowest BCUT2D eigenvalue weighted by molar-refractivity contribution is -0.0922. The molecular formula is C18H27IN6O. The minimum Gasteiger partial charge on any atom is -0.381 e. The molecule has 2 N–H and O–H groups in total. The van der Waals surface area contributed by atoms with Crippen LogP contribution in [0.4, 0.5) is 0 Å². The fourth-order valence-corrected chi connectivity index (χ4v) is 3.24. The topological polar surface area (TPSA) is 76.4 Å². The third-order valence-electron chi connectivity index (χ3n) is 5.06. The minimum absolute atomic E-state index is 0. The first-order valence-corrected chi connectivity index (χ1v) is 8.50. The van der Waals surface area contributed by atoms with Gasteiger partial charge in [0.2, 0.25) is 0 Å². The van der Waals surface area contributed by atoms with Crippen molar-refractivity contribution in [2.45, 2.75) is 39.0 Å². The highest BCUT2D eigenvalue weighted by atomic mass is 127. The summed E-state index contributed by atoms with van der Waals surface area (Å²) >= 11 is 0. The first-order chi connectivity index (χ1) is 12.1. The van der Waals surface area contributed by atoms with E-state index in [2.05, 4.69) is 39.7 Å². The van der Waals surface area contributed by atoms with E-state index in [1.807, 2.05) is 34.9 Å². The zero-order valence-electron chi connectivity index (χ0n) is 15.6. The Morgan fingerprint density at radius 2 is 2.08 bits per heavy atom. The average molecular weight is 470 g/mol. The maximum atomic E-state index is 5.51. The molecule has 0 aliphatic heterocycles. The van der Waals surface area contributed by atoms with Crippen LogP contribution in [-0.2, 0) is 11.3 Å². The first-order valence-electron chi connectivity index (χ1n) is 8.50. The van der Waals surface area contributed by atoms with Gasteiger partial charge >= 0.3 is 0 Å². The normalized spacial score (nSPS) is 21.5. The molecule has 1 heterocycles. The molecule has 0 amide bonds. The Labute approximate surface area is 171 Å². The van der Waals surface area contributed by atoms with Gasteiger partial charge in [0.25, 0.3) is 0 Å². The molecule has 1 fully saturated rings. The molecule has 26 heavy (non-hydrogen) atoms. The van der Waals surface area contributed by atoms with Gasteiger partial charge in [0.05, 0.1) is 12.6 Å². The van der Waals surface area contributed by atoms with Crippen LogP contribution in [0.5, 0.6) is 0 Å². The van der Waals surface area contributed by atoms with Crippen LogP contribution in [0.1, 0.15) is 26.1 Å². The molecule has 1 saturated carbocycles. The highest BCUT2D eigenvalue weighted by Gasteiger charge is 2.48. The van der Waals surface area contributed by atoms with Crippen LogP contribution < -0.4 is 10.6 Å². The zero-order valence-corrected chi connectivity index (χ0v) is 18.0. The number of guanidine groups is 1. The summed E-state index contributed by atoms with van der Waals surface area (Å²) in [5.41, 5.74) is 1.12. The number of aliphatic imine (C=N–C) groups is 1. The van der Waals surface area contributed by atoms with Crippen molar-refractivity contribution in [1.82, 2.24) is 25.4 Å². The second-order valence-electron chi connectivity index (χ2n) is 6.86. The molecular weight excluding hydrogens is 443 g/mol. The van der Waals surface area contributed by atoms with Crippen molar-refractivity contribution in [3.05, 3.63) is 42.5 Å². The summed E-state index contributed by atoms with van der Waals surface area (Å²) in [5.74, 6) is 1.59. The summed E-state index contributed by atoms with van der Waals surface area (Å²) in [4.78, 5) is 4.32. The number of benzene rings is 1. The van der Waals surface area contributed by atoms with E-state index in [0.717, 1.165) is 23.9 Å². The third kappa shape index (κ3) is 4.17. The molecule has 2 unspecified atom stereocenters. The van der Waals surface area contributed by atoms with E-state index >= 15 is 0 Å². The van der Waals surface area contributed by atoms with Gasteiger partial charge in [-0.3, -0.25) is 9.56 Å². The first kappa shape index (κ1) is 20.6. The summed E-state index contributed by atoms with van der Waals surface area (Å²) in [6.07, 6.45) is 2.98. The number of ether oxygens (including phenoxy) is 1. The highest BCUT2D eigenvalue weighted by molar-refractivity contribution is 14.0. The van der Waals surface area contributed by atoms with Crippen LogP contribution in [0.25, 0.3) is 5.69 Å². The van der Waals surface area contributed by atoms with Crippen molar-refractivity contribution < 1.29 is 4.74 Å². The van der Waals surface area contributed by atoms with Gasteiger partial charge in [-0.1, -0.05) is 32.0 Å². The number of rotatable bonds is 5. The maximum absolute atomic E-state index is 5.51. The Kier molecular flexibility index (Phi) is 6.99. The summed E-state index contributed by atoms with van der Waals surface area (Å²) in [6, 6.07) is 10.4. The number of methoxy groups -OCH3 is 1. The summed E-state index contributed by atoms with van der Waals surface area (Å²) in [5, 5.41) is 15.1. The van der Waals surface area contributed by atoms with E-state index in [1.54, 1.807) is 20.5 Å². The number of halogens is 1. The predicted molar refractivity (Wildman–Crippen MR) is 113 cm³/mol. The second kappa shape index (κ2) is 8.81. The number of nitrogens with one attached hydrogen (secondary N) is 2. The fourth-order valence-electron chi connectivity index (χ4n) is 3.24. The molecule has 1 aliphatic carbocycles. The lowest BCUT2D eigenvalue weighted by Gasteiger charge is -2.51. The SMILES string of the molecule is CN=C(NCc1nncn1-c1ccccc1)NC1CC(OC)C1(C)C.I. The van der Waals surface area contributed by atoms with Crippen molar-refractivity contribution >= 4 is 29.9 Å². The summed E-state index contributed by atoms with van der Waals surface area (Å²) in [7, 11) is 3.54. The van der Waals surface area contributed by atoms with Crippen molar-refractivity contribution in [3.63, 3.8) is 0 Å². The van der Waals surface area contributed by atoms with Crippen molar-refractivity contribution in [2.24, 2.45) is 10.4 Å². The number of hydrogen-bond donors (Lipinski definition) is 2. The van der Waals surface area contributed by atoms with Gasteiger partial charge < -0.3 is 15.4 Å². The van der Waals surface area contributed by atoms with Gasteiger partial charge in [-0.15, -0.1) is 34.2 Å². The lowest BCUT2D eigenvalue weighted by Crippen LogP contribution is -2.63. The monoisotopic (exact) mass is 470 g/mol. The van der Waals surface area contributed by atoms with Gasteiger partial charge in [0.15, 0.2) is 11.8 Å². The van der Waals surface area contributed by atoms with E-state index < -0.39 is 0 Å². The molecule has 1 aromatic heterocycles. The Morgan fingerprint density at radius 3 is 2.69 bits per heavy atom. The van der Waals surface area contributed by atoms with E-state index in [-0.39, 0.29) is 35.5 Å². The number of aromatic nitrogens is 3. The van der Waals surface area contributed by atoms with Gasteiger partial charge in [0.1, 0.15) is 6.33 Å². The van der Waals surface area contributed by atoms with E-state index in [9.17, 15) is 0 Å². The standard InChI is InChI=1S/C18H26N6O.HI/c1-18(2)14(10-15(18)25-4)22-17(19-3)20-11-16-23-21-12-24(16)13-8-6-5-7-9-13;/h5-9,12,14-15H,10-11H2,1-4H3,(H2,19,20,22);1H. The van der Waals surface area contributed by atoms with Gasteiger partial charge in [0, 0.05) is 31.3 Å². The van der Waals surface area contributed by atoms with Crippen LogP contribution in [0.15, 0.2) is 41.7 Å². The molecule has 0 bridgehead atoms. The zero-order chi connectivity index (χ0) is 17.9. The molecule has 3 rings (SSSR count). The largest absolute Gasteiger partial charge is 0.381 e. The van der Waals surface area contributed by atoms with Crippen LogP contribution in [0, 0.1) is 5.41 Å². The summed E-state index contributed by atoms with van der Waals surface area (Å²) in [6.45, 7) is 4.96. The maximum Gasteiger partial charge on any atom is 0.191 e. The van der Waals surface area contributed by atoms with Crippen LogP contribution in [-0.4, -0.2) is 47.0 Å². The molecule has 1 aliphatic rings. The Balaban J connectivity index is 0.00000243. The van der Waals surface area contributed by atoms with E-state index in [4.69, 9.17) is 4.74 Å². The van der Waals surface area contributed by atoms with Gasteiger partial charge in [-0.2, -0.15) is 0 Å². The molecule has 2 aromatic rings. The molecule has 142 valence electrons. The van der Waals surface area contributed by atoms with Gasteiger partial charge in [-0.25, -0.2) is 0 Å². The second-order valence-corrected chi connectivity index (χ2v) is 6.86. The molecule has 0 radical (unpaired) electrons. The number of nitrogens with zero attached hydrogens (tertiary/aromatic N) is 4. The molecule has 0 spiro atoms. The Hall–Kier alpha value is -1.68. The third-order valence-corrected chi connectivity index (χ3v) is 5.06. The lowest BCUT2D eigenvalue weighted by atomic mass is 9.64. The van der Waals surface area contributed by atoms with Crippen molar-refractivity contribution in [1.29, 1.82) is 0 Å². The number of hydrogen-bond acceptors (Lipinski definition) is 4. The quantitative estimate of drug-likeness (QED) is 0.399. The van der Waals surface area contributed by atoms with Gasteiger partial charge in [-0.05, 0) is 18.6 Å². The van der Waals surface area contributed by atoms with E-state index in [0.29, 0.717) is 12.6 Å². The average Bonchev–Trinajstić information content (AvgIpc) is 3.10. The Morgan fingerprint density at radius 1 is 1.35 bits per heavy atom. The van der Waals surface area contributed by atoms with Crippen LogP contribution in [0.3, 0.4) is 0 Å². The van der Waals surface area contributed by atoms with E-state index in [1.165, 1.54) is 0 Å². The van der Waals surface area contributed by atoms with Crippen molar-refractivity contribution in [2.75, 3.05) is 14.2 Å². The van der Waals surface area contributed by atoms with Crippen LogP contribution >= 0.6 is 24.0 Å². The fraction of sp³-hybridized carbons (Fsp3) is 0.500. The number of para-hydroxylation sites is 1. The van der Waals surface area contributed by atoms with Crippen LogP contribution in [0.2, 0.25) is 0 Å². The highest BCUT2D eigenvalue weighted by Crippen LogP contribution is 2.42. The molecule has 2 atom stereocenters. The summed E-state index contributed by atoms with van der Waals surface area (Å²) < 4.78 is 7.48. The molecule has 8 heteroatoms. The Bertz CT molecular complexity index is 730. The molecule has 7 nitrogen and oxygen atoms in total. The predicted octanol–water partition coefficient (Wildman–Crippen LogP) is 2.36.